The van der Waals surface area contributed by atoms with Crippen LogP contribution in [0.25, 0.3) is 10.8 Å². The number of β-amino-alcohol motifs (C(OH)–C–C–N with tert-alkyl or cyclic N) is 1. The van der Waals surface area contributed by atoms with Gasteiger partial charge in [-0.25, -0.2) is 4.79 Å². The van der Waals surface area contributed by atoms with Crippen LogP contribution in [0.5, 0.6) is 5.75 Å². The van der Waals surface area contributed by atoms with E-state index in [-0.39, 0.29) is 6.04 Å². The summed E-state index contributed by atoms with van der Waals surface area (Å²) in [7, 11) is 1.63. The first-order chi connectivity index (χ1) is 14.6. The Bertz CT molecular complexity index is 1010. The Kier molecular flexibility index (Phi) is 6.11. The van der Waals surface area contributed by atoms with E-state index < -0.39 is 18.3 Å². The molecule has 2 aromatic carbocycles. The fraction of sp³-hybridized carbons (Fsp3) is 0.304. The summed E-state index contributed by atoms with van der Waals surface area (Å²) in [5, 5.41) is 18.4. The minimum Gasteiger partial charge on any atom is -0.497 e. The predicted molar refractivity (Wildman–Crippen MR) is 113 cm³/mol. The summed E-state index contributed by atoms with van der Waals surface area (Å²) in [6.07, 6.45) is 2.28. The Morgan fingerprint density at radius 1 is 1.17 bits per heavy atom. The van der Waals surface area contributed by atoms with Crippen molar-refractivity contribution in [3.05, 3.63) is 72.1 Å². The number of carbonyl (C=O) groups is 1. The molecule has 1 unspecified atom stereocenters. The van der Waals surface area contributed by atoms with Crippen molar-refractivity contribution < 1.29 is 19.4 Å². The van der Waals surface area contributed by atoms with E-state index in [9.17, 15) is 9.90 Å². The van der Waals surface area contributed by atoms with E-state index in [0.717, 1.165) is 27.6 Å². The van der Waals surface area contributed by atoms with E-state index in [1.807, 2.05) is 48.5 Å². The number of alkyl carbamates (subject to hydrolysis) is 1. The topological polar surface area (TPSA) is 92.7 Å². The zero-order valence-corrected chi connectivity index (χ0v) is 16.7. The molecule has 1 aliphatic rings. The second-order valence-electron chi connectivity index (χ2n) is 7.41. The molecule has 3 N–H and O–H groups in total. The normalized spacial score (nSPS) is 20.8. The van der Waals surface area contributed by atoms with Crippen LogP contribution in [0.15, 0.2) is 60.9 Å². The third-order valence-corrected chi connectivity index (χ3v) is 5.36. The molecule has 0 radical (unpaired) electrons. The van der Waals surface area contributed by atoms with Gasteiger partial charge in [-0.15, -0.1) is 0 Å². The number of nitrogens with one attached hydrogen (secondary N) is 2. The lowest BCUT2D eigenvalue weighted by Crippen LogP contribution is -2.41. The lowest BCUT2D eigenvalue weighted by Gasteiger charge is -2.22. The molecule has 30 heavy (non-hydrogen) atoms. The van der Waals surface area contributed by atoms with Gasteiger partial charge in [0.05, 0.1) is 13.2 Å². The molecule has 0 saturated carbocycles. The summed E-state index contributed by atoms with van der Waals surface area (Å²) in [5.74, 6) is 0.787. The Morgan fingerprint density at radius 3 is 2.77 bits per heavy atom. The molecule has 1 fully saturated rings. The van der Waals surface area contributed by atoms with Crippen molar-refractivity contribution >= 4 is 16.9 Å². The highest BCUT2D eigenvalue weighted by molar-refractivity contribution is 5.82. The average molecular weight is 407 g/mol. The van der Waals surface area contributed by atoms with Gasteiger partial charge in [0.1, 0.15) is 18.0 Å². The van der Waals surface area contributed by atoms with E-state index in [1.54, 1.807) is 19.5 Å². The lowest BCUT2D eigenvalue weighted by molar-refractivity contribution is 0.0188. The number of pyridine rings is 1. The van der Waals surface area contributed by atoms with Crippen molar-refractivity contribution in [3.8, 4) is 5.75 Å². The largest absolute Gasteiger partial charge is 0.497 e. The van der Waals surface area contributed by atoms with E-state index >= 15 is 0 Å². The fourth-order valence-electron chi connectivity index (χ4n) is 3.72. The number of rotatable bonds is 6. The molecule has 4 rings (SSSR count). The summed E-state index contributed by atoms with van der Waals surface area (Å²) < 4.78 is 10.7. The molecule has 0 bridgehead atoms. The zero-order valence-electron chi connectivity index (χ0n) is 16.7. The van der Waals surface area contributed by atoms with Crippen molar-refractivity contribution in [3.63, 3.8) is 0 Å². The van der Waals surface area contributed by atoms with Gasteiger partial charge in [0.2, 0.25) is 0 Å². The molecule has 3 aromatic rings. The maximum absolute atomic E-state index is 12.4. The van der Waals surface area contributed by atoms with Crippen LogP contribution in [-0.4, -0.2) is 48.1 Å². The van der Waals surface area contributed by atoms with Crippen LogP contribution in [0.1, 0.15) is 11.1 Å². The monoisotopic (exact) mass is 407 g/mol. The Hall–Kier alpha value is -3.16. The summed E-state index contributed by atoms with van der Waals surface area (Å²) >= 11 is 0. The fourth-order valence-corrected chi connectivity index (χ4v) is 3.72. The standard InChI is InChI=1S/C23H25N3O4/c1-29-19-6-3-15(4-7-19)11-20-22(21(27)14-25-20)30-23(28)26-12-16-2-5-18-13-24-9-8-17(18)10-16/h2-10,13,20-22,25,27H,11-12,14H2,1H3,(H,26,28)/t20-,21?,22+/m1/s1. The Balaban J connectivity index is 1.34. The number of methoxy groups -OCH3 is 1. The van der Waals surface area contributed by atoms with Gasteiger partial charge in [-0.3, -0.25) is 4.98 Å². The number of hydrogen-bond donors (Lipinski definition) is 3. The molecule has 3 atom stereocenters. The van der Waals surface area contributed by atoms with Crippen molar-refractivity contribution in [2.75, 3.05) is 13.7 Å². The minimum atomic E-state index is -0.743. The summed E-state index contributed by atoms with van der Waals surface area (Å²) in [6, 6.07) is 15.4. The third-order valence-electron chi connectivity index (χ3n) is 5.36. The highest BCUT2D eigenvalue weighted by Crippen LogP contribution is 2.19. The van der Waals surface area contributed by atoms with Crippen LogP contribution in [0.3, 0.4) is 0 Å². The van der Waals surface area contributed by atoms with Crippen LogP contribution in [0.2, 0.25) is 0 Å². The van der Waals surface area contributed by atoms with Crippen LogP contribution in [0.4, 0.5) is 4.79 Å². The molecule has 1 aliphatic heterocycles. The quantitative estimate of drug-likeness (QED) is 0.581. The van der Waals surface area contributed by atoms with Gasteiger partial charge in [-0.1, -0.05) is 24.3 Å². The minimum absolute atomic E-state index is 0.160. The number of aromatic nitrogens is 1. The number of aliphatic hydroxyl groups is 1. The molecule has 1 aromatic heterocycles. The Labute approximate surface area is 175 Å². The highest BCUT2D eigenvalue weighted by atomic mass is 16.6. The first kappa shape index (κ1) is 20.1. The summed E-state index contributed by atoms with van der Waals surface area (Å²) in [6.45, 7) is 0.730. The zero-order chi connectivity index (χ0) is 20.9. The van der Waals surface area contributed by atoms with Gasteiger partial charge in [0.25, 0.3) is 0 Å². The van der Waals surface area contributed by atoms with Crippen LogP contribution in [0, 0.1) is 0 Å². The van der Waals surface area contributed by atoms with Crippen molar-refractivity contribution in [1.29, 1.82) is 0 Å². The molecule has 1 saturated heterocycles. The predicted octanol–water partition coefficient (Wildman–Crippen LogP) is 2.41. The number of nitrogens with zero attached hydrogens (tertiary/aromatic N) is 1. The number of fused-ring (bicyclic) bond motifs is 1. The lowest BCUT2D eigenvalue weighted by atomic mass is 10.0. The maximum Gasteiger partial charge on any atom is 0.407 e. The van der Waals surface area contributed by atoms with E-state index in [0.29, 0.717) is 19.5 Å². The van der Waals surface area contributed by atoms with Crippen molar-refractivity contribution in [2.24, 2.45) is 0 Å². The number of ether oxygens (including phenoxy) is 2. The molecule has 0 aliphatic carbocycles. The summed E-state index contributed by atoms with van der Waals surface area (Å²) in [4.78, 5) is 16.5. The van der Waals surface area contributed by atoms with E-state index in [4.69, 9.17) is 9.47 Å². The van der Waals surface area contributed by atoms with Crippen LogP contribution < -0.4 is 15.4 Å². The molecule has 7 nitrogen and oxygen atoms in total. The Morgan fingerprint density at radius 2 is 1.97 bits per heavy atom. The molecule has 156 valence electrons. The molecule has 1 amide bonds. The van der Waals surface area contributed by atoms with Gasteiger partial charge in [0, 0.05) is 30.9 Å². The number of benzene rings is 2. The molecule has 0 spiro atoms. The number of carbonyl (C=O) groups excluding carboxylic acids is 1. The maximum atomic E-state index is 12.4. The second-order valence-corrected chi connectivity index (χ2v) is 7.41. The van der Waals surface area contributed by atoms with E-state index in [1.165, 1.54) is 0 Å². The van der Waals surface area contributed by atoms with Gasteiger partial charge in [-0.05, 0) is 47.2 Å². The summed E-state index contributed by atoms with van der Waals surface area (Å²) in [5.41, 5.74) is 2.03. The van der Waals surface area contributed by atoms with Gasteiger partial charge < -0.3 is 25.2 Å². The van der Waals surface area contributed by atoms with Crippen molar-refractivity contribution in [2.45, 2.75) is 31.2 Å². The second kappa shape index (κ2) is 9.11. The smallest absolute Gasteiger partial charge is 0.407 e. The molecular weight excluding hydrogens is 382 g/mol. The number of hydrogen-bond acceptors (Lipinski definition) is 6. The SMILES string of the molecule is COc1ccc(C[C@H]2NCC(O)[C@H]2OC(=O)NCc2ccc3cnccc3c2)cc1. The van der Waals surface area contributed by atoms with Crippen LogP contribution >= 0.6 is 0 Å². The number of aliphatic hydroxyl groups excluding tert-OH is 1. The first-order valence-electron chi connectivity index (χ1n) is 9.94. The van der Waals surface area contributed by atoms with Gasteiger partial charge in [0.15, 0.2) is 0 Å². The van der Waals surface area contributed by atoms with Gasteiger partial charge >= 0.3 is 6.09 Å². The highest BCUT2D eigenvalue weighted by Gasteiger charge is 2.37. The van der Waals surface area contributed by atoms with E-state index in [2.05, 4.69) is 15.6 Å². The molecule has 2 heterocycles. The molecule has 7 heteroatoms. The number of amides is 1. The van der Waals surface area contributed by atoms with Gasteiger partial charge in [-0.2, -0.15) is 0 Å². The molecular formula is C23H25N3O4. The third kappa shape index (κ3) is 4.69. The first-order valence-corrected chi connectivity index (χ1v) is 9.94. The average Bonchev–Trinajstić information content (AvgIpc) is 3.11. The van der Waals surface area contributed by atoms with Crippen molar-refractivity contribution in [1.82, 2.24) is 15.6 Å². The van der Waals surface area contributed by atoms with Crippen LogP contribution in [-0.2, 0) is 17.7 Å².